The summed E-state index contributed by atoms with van der Waals surface area (Å²) in [5.41, 5.74) is 4.58. The molecular formula is C14H16BrN3. The van der Waals surface area contributed by atoms with Gasteiger partial charge in [0.25, 0.3) is 0 Å². The molecule has 4 heteroatoms. The Morgan fingerprint density at radius 2 is 2.28 bits per heavy atom. The molecule has 0 bridgehead atoms. The molecule has 2 aromatic rings. The summed E-state index contributed by atoms with van der Waals surface area (Å²) in [4.78, 5) is 0. The highest BCUT2D eigenvalue weighted by molar-refractivity contribution is 9.10. The molecule has 1 fully saturated rings. The van der Waals surface area contributed by atoms with Gasteiger partial charge in [-0.3, -0.25) is 5.10 Å². The lowest BCUT2D eigenvalue weighted by atomic mass is 10.1. The number of aryl methyl sites for hydroxylation is 1. The fraction of sp³-hybridized carbons (Fsp3) is 0.357. The topological polar surface area (TPSA) is 40.7 Å². The van der Waals surface area contributed by atoms with Crippen molar-refractivity contribution in [3.63, 3.8) is 0 Å². The maximum atomic E-state index is 4.46. The molecule has 0 radical (unpaired) electrons. The lowest BCUT2D eigenvalue weighted by Gasteiger charge is -2.07. The highest BCUT2D eigenvalue weighted by Gasteiger charge is 2.23. The lowest BCUT2D eigenvalue weighted by Crippen LogP contribution is -2.13. The van der Waals surface area contributed by atoms with Gasteiger partial charge >= 0.3 is 0 Å². The Labute approximate surface area is 115 Å². The van der Waals surface area contributed by atoms with Crippen molar-refractivity contribution in [3.8, 4) is 11.3 Å². The first-order valence-electron chi connectivity index (χ1n) is 6.30. The molecule has 18 heavy (non-hydrogen) atoms. The molecule has 0 aliphatic carbocycles. The van der Waals surface area contributed by atoms with Gasteiger partial charge in [0.15, 0.2) is 0 Å². The molecule has 3 rings (SSSR count). The molecule has 1 unspecified atom stereocenters. The van der Waals surface area contributed by atoms with Crippen molar-refractivity contribution in [1.29, 1.82) is 0 Å². The third-order valence-corrected chi connectivity index (χ3v) is 4.24. The number of benzene rings is 1. The van der Waals surface area contributed by atoms with Crippen LogP contribution in [0.25, 0.3) is 11.3 Å². The van der Waals surface area contributed by atoms with Crippen LogP contribution < -0.4 is 5.32 Å². The van der Waals surface area contributed by atoms with Crippen LogP contribution in [-0.4, -0.2) is 16.7 Å². The molecule has 2 N–H and O–H groups in total. The van der Waals surface area contributed by atoms with Gasteiger partial charge in [0, 0.05) is 5.56 Å². The number of aromatic nitrogens is 2. The van der Waals surface area contributed by atoms with Gasteiger partial charge in [0.2, 0.25) is 0 Å². The number of halogens is 1. The van der Waals surface area contributed by atoms with Gasteiger partial charge in [-0.05, 0) is 48.3 Å². The fourth-order valence-corrected chi connectivity index (χ4v) is 3.17. The average Bonchev–Trinajstić information content (AvgIpc) is 2.97. The van der Waals surface area contributed by atoms with Crippen LogP contribution in [0.3, 0.4) is 0 Å². The summed E-state index contributed by atoms with van der Waals surface area (Å²) in [6, 6.07) is 8.83. The molecule has 1 aliphatic heterocycles. The van der Waals surface area contributed by atoms with Gasteiger partial charge in [0.1, 0.15) is 5.69 Å². The summed E-state index contributed by atoms with van der Waals surface area (Å²) >= 11 is 3.69. The Bertz CT molecular complexity index is 556. The minimum atomic E-state index is 0.408. The number of hydrogen-bond donors (Lipinski definition) is 2. The van der Waals surface area contributed by atoms with Crippen molar-refractivity contribution in [2.45, 2.75) is 25.8 Å². The number of nitrogens with one attached hydrogen (secondary N) is 2. The second-order valence-corrected chi connectivity index (χ2v) is 5.61. The Morgan fingerprint density at radius 3 is 3.00 bits per heavy atom. The first-order valence-corrected chi connectivity index (χ1v) is 7.09. The van der Waals surface area contributed by atoms with E-state index in [1.807, 2.05) is 0 Å². The van der Waals surface area contributed by atoms with Crippen LogP contribution in [0.4, 0.5) is 0 Å². The van der Waals surface area contributed by atoms with E-state index < -0.39 is 0 Å². The molecule has 1 saturated heterocycles. The molecule has 94 valence electrons. The quantitative estimate of drug-likeness (QED) is 0.890. The number of hydrogen-bond acceptors (Lipinski definition) is 2. The molecule has 1 aromatic carbocycles. The third kappa shape index (κ3) is 2.10. The predicted octanol–water partition coefficient (Wildman–Crippen LogP) is 3.57. The Balaban J connectivity index is 1.98. The van der Waals surface area contributed by atoms with Crippen molar-refractivity contribution < 1.29 is 0 Å². The van der Waals surface area contributed by atoms with Crippen LogP contribution >= 0.6 is 15.9 Å². The maximum Gasteiger partial charge on any atom is 0.107 e. The van der Waals surface area contributed by atoms with Gasteiger partial charge in [-0.15, -0.1) is 0 Å². The highest BCUT2D eigenvalue weighted by atomic mass is 79.9. The van der Waals surface area contributed by atoms with E-state index in [4.69, 9.17) is 0 Å². The summed E-state index contributed by atoms with van der Waals surface area (Å²) in [6.45, 7) is 3.19. The van der Waals surface area contributed by atoms with Gasteiger partial charge in [-0.1, -0.05) is 23.8 Å². The van der Waals surface area contributed by atoms with E-state index in [0.717, 1.165) is 22.3 Å². The van der Waals surface area contributed by atoms with Crippen molar-refractivity contribution in [3.05, 3.63) is 40.0 Å². The van der Waals surface area contributed by atoms with Gasteiger partial charge in [-0.2, -0.15) is 5.10 Å². The summed E-state index contributed by atoms with van der Waals surface area (Å²) in [5.74, 6) is 0. The smallest absolute Gasteiger partial charge is 0.107 e. The minimum absolute atomic E-state index is 0.408. The van der Waals surface area contributed by atoms with Crippen LogP contribution in [0, 0.1) is 6.92 Å². The van der Waals surface area contributed by atoms with Gasteiger partial charge in [-0.25, -0.2) is 0 Å². The standard InChI is InChI=1S/C14H16BrN3/c1-9-4-2-5-10(8-9)13-12(15)14(18-17-13)11-6-3-7-16-11/h2,4-5,8,11,16H,3,6-7H2,1H3,(H,17,18). The maximum absolute atomic E-state index is 4.46. The van der Waals surface area contributed by atoms with Crippen molar-refractivity contribution in [2.24, 2.45) is 0 Å². The zero-order valence-corrected chi connectivity index (χ0v) is 11.9. The van der Waals surface area contributed by atoms with E-state index in [0.29, 0.717) is 6.04 Å². The normalized spacial score (nSPS) is 19.3. The monoisotopic (exact) mass is 305 g/mol. The van der Waals surface area contributed by atoms with Crippen LogP contribution in [0.15, 0.2) is 28.7 Å². The molecule has 1 aromatic heterocycles. The second kappa shape index (κ2) is 4.86. The van der Waals surface area contributed by atoms with Crippen molar-refractivity contribution in [2.75, 3.05) is 6.54 Å². The lowest BCUT2D eigenvalue weighted by molar-refractivity contribution is 0.623. The van der Waals surface area contributed by atoms with Gasteiger partial charge < -0.3 is 5.32 Å². The van der Waals surface area contributed by atoms with Crippen LogP contribution in [0.2, 0.25) is 0 Å². The molecule has 0 spiro atoms. The van der Waals surface area contributed by atoms with Gasteiger partial charge in [0.05, 0.1) is 16.2 Å². The van der Waals surface area contributed by atoms with E-state index in [1.54, 1.807) is 0 Å². The molecule has 0 saturated carbocycles. The fourth-order valence-electron chi connectivity index (χ4n) is 2.49. The summed E-state index contributed by atoms with van der Waals surface area (Å²) < 4.78 is 1.09. The predicted molar refractivity (Wildman–Crippen MR) is 76.4 cm³/mol. The van der Waals surface area contributed by atoms with Crippen LogP contribution in [0.5, 0.6) is 0 Å². The van der Waals surface area contributed by atoms with Crippen molar-refractivity contribution in [1.82, 2.24) is 15.5 Å². The Kier molecular flexibility index (Phi) is 3.22. The Morgan fingerprint density at radius 1 is 1.39 bits per heavy atom. The summed E-state index contributed by atoms with van der Waals surface area (Å²) in [5, 5.41) is 11.1. The number of rotatable bonds is 2. The third-order valence-electron chi connectivity index (χ3n) is 3.43. The molecular weight excluding hydrogens is 290 g/mol. The molecule has 1 aliphatic rings. The SMILES string of the molecule is Cc1cccc(-c2n[nH]c(C3CCCN3)c2Br)c1. The minimum Gasteiger partial charge on any atom is -0.309 e. The summed E-state index contributed by atoms with van der Waals surface area (Å²) in [6.07, 6.45) is 2.41. The largest absolute Gasteiger partial charge is 0.309 e. The van der Waals surface area contributed by atoms with Crippen LogP contribution in [0.1, 0.15) is 30.1 Å². The first kappa shape index (κ1) is 11.9. The number of H-pyrrole nitrogens is 1. The van der Waals surface area contributed by atoms with E-state index in [1.165, 1.54) is 24.1 Å². The highest BCUT2D eigenvalue weighted by Crippen LogP contribution is 2.34. The van der Waals surface area contributed by atoms with Crippen LogP contribution in [-0.2, 0) is 0 Å². The summed E-state index contributed by atoms with van der Waals surface area (Å²) in [7, 11) is 0. The van der Waals surface area contributed by atoms with Crippen molar-refractivity contribution >= 4 is 15.9 Å². The van der Waals surface area contributed by atoms with E-state index in [2.05, 4.69) is 62.6 Å². The Hall–Kier alpha value is -1.13. The van der Waals surface area contributed by atoms with E-state index in [-0.39, 0.29) is 0 Å². The van der Waals surface area contributed by atoms with E-state index in [9.17, 15) is 0 Å². The zero-order chi connectivity index (χ0) is 12.5. The molecule has 3 nitrogen and oxygen atoms in total. The molecule has 2 heterocycles. The number of aromatic amines is 1. The van der Waals surface area contributed by atoms with E-state index >= 15 is 0 Å². The number of nitrogens with zero attached hydrogens (tertiary/aromatic N) is 1. The first-order chi connectivity index (χ1) is 8.75. The molecule has 0 amide bonds. The average molecular weight is 306 g/mol. The molecule has 1 atom stereocenters. The second-order valence-electron chi connectivity index (χ2n) is 4.82. The zero-order valence-electron chi connectivity index (χ0n) is 10.3.